The molecule has 4 aromatic carbocycles. The van der Waals surface area contributed by atoms with Crippen LogP contribution in [-0.4, -0.2) is 0 Å². The Labute approximate surface area is 252 Å². The fraction of sp³-hybridized carbons (Fsp3) is 0.0526. The van der Waals surface area contributed by atoms with E-state index in [-0.39, 0.29) is 28.7 Å². The van der Waals surface area contributed by atoms with Crippen LogP contribution in [0.1, 0.15) is 40.2 Å². The summed E-state index contributed by atoms with van der Waals surface area (Å²) in [5.74, 6) is -0.861. The third-order valence-electron chi connectivity index (χ3n) is 8.49. The van der Waals surface area contributed by atoms with Crippen LogP contribution < -0.4 is 0 Å². The molecular weight excluding hydrogens is 550 g/mol. The van der Waals surface area contributed by atoms with Crippen molar-refractivity contribution in [3.63, 3.8) is 0 Å². The first-order chi connectivity index (χ1) is 21.4. The lowest BCUT2D eigenvalue weighted by Crippen LogP contribution is -2.03. The quantitative estimate of drug-likeness (QED) is 0.199. The highest BCUT2D eigenvalue weighted by molar-refractivity contribution is 6.11. The summed E-state index contributed by atoms with van der Waals surface area (Å²) in [5, 5.41) is 39.9. The molecule has 0 spiro atoms. The second-order valence-electron chi connectivity index (χ2n) is 10.8. The average molecular weight is 569 g/mol. The van der Waals surface area contributed by atoms with Gasteiger partial charge in [0.05, 0.1) is 0 Å². The molecule has 0 bridgehead atoms. The van der Waals surface area contributed by atoms with Gasteiger partial charge >= 0.3 is 0 Å². The van der Waals surface area contributed by atoms with Gasteiger partial charge in [0.25, 0.3) is 0 Å². The maximum atomic E-state index is 14.1. The Bertz CT molecular complexity index is 2240. The minimum absolute atomic E-state index is 0.0188. The molecule has 0 radical (unpaired) electrons. The van der Waals surface area contributed by atoms with Crippen molar-refractivity contribution in [2.45, 2.75) is 12.3 Å². The van der Waals surface area contributed by atoms with Gasteiger partial charge in [-0.3, -0.25) is 0 Å². The van der Waals surface area contributed by atoms with Crippen LogP contribution in [0.15, 0.2) is 108 Å². The molecule has 1 atom stereocenters. The van der Waals surface area contributed by atoms with Gasteiger partial charge in [0, 0.05) is 17.1 Å². The molecule has 3 aliphatic rings. The van der Waals surface area contributed by atoms with Crippen LogP contribution in [0, 0.1) is 57.0 Å². The number of fused-ring (bicyclic) bond motifs is 5. The van der Waals surface area contributed by atoms with Gasteiger partial charge in [-0.25, -0.2) is 8.78 Å². The van der Waals surface area contributed by atoms with E-state index in [2.05, 4.69) is 12.1 Å². The van der Waals surface area contributed by atoms with E-state index in [1.807, 2.05) is 60.7 Å². The van der Waals surface area contributed by atoms with Gasteiger partial charge in [-0.15, -0.1) is 0 Å². The molecule has 0 heterocycles. The van der Waals surface area contributed by atoms with Gasteiger partial charge < -0.3 is 0 Å². The van der Waals surface area contributed by atoms with E-state index < -0.39 is 0 Å². The maximum Gasteiger partial charge on any atom is 0.138 e. The van der Waals surface area contributed by atoms with Gasteiger partial charge in [-0.2, -0.15) is 21.0 Å². The van der Waals surface area contributed by atoms with Gasteiger partial charge in [0.2, 0.25) is 0 Å². The van der Waals surface area contributed by atoms with E-state index in [1.54, 1.807) is 18.2 Å². The van der Waals surface area contributed by atoms with Crippen molar-refractivity contribution in [3.05, 3.63) is 147 Å². The van der Waals surface area contributed by atoms with E-state index >= 15 is 0 Å². The molecule has 4 nitrogen and oxygen atoms in total. The Hall–Kier alpha value is -6.34. The number of allylic oxidation sites excluding steroid dienone is 7. The molecule has 1 unspecified atom stereocenters. The van der Waals surface area contributed by atoms with E-state index in [9.17, 15) is 29.8 Å². The molecule has 4 aromatic rings. The fourth-order valence-electron chi connectivity index (χ4n) is 6.59. The van der Waals surface area contributed by atoms with Crippen molar-refractivity contribution >= 4 is 16.7 Å². The zero-order chi connectivity index (χ0) is 30.5. The van der Waals surface area contributed by atoms with Crippen LogP contribution in [-0.2, 0) is 0 Å². The Morgan fingerprint density at radius 3 is 1.91 bits per heavy atom. The van der Waals surface area contributed by atoms with Crippen LogP contribution >= 0.6 is 0 Å². The lowest BCUT2D eigenvalue weighted by molar-refractivity contribution is 0.623. The molecule has 0 amide bonds. The lowest BCUT2D eigenvalue weighted by Gasteiger charge is -2.20. The van der Waals surface area contributed by atoms with Gasteiger partial charge in [-0.05, 0) is 110 Å². The molecule has 0 aromatic heterocycles. The van der Waals surface area contributed by atoms with Crippen molar-refractivity contribution < 1.29 is 8.78 Å². The van der Waals surface area contributed by atoms with Crippen molar-refractivity contribution in [3.8, 4) is 46.5 Å². The number of nitrogens with zero attached hydrogens (tertiary/aromatic N) is 4. The first-order valence-electron chi connectivity index (χ1n) is 13.8. The Morgan fingerprint density at radius 1 is 0.591 bits per heavy atom. The Kier molecular flexibility index (Phi) is 6.15. The third-order valence-corrected chi connectivity index (χ3v) is 8.49. The summed E-state index contributed by atoms with van der Waals surface area (Å²) >= 11 is 0. The molecule has 0 N–H and O–H groups in total. The molecule has 3 aliphatic carbocycles. The second-order valence-corrected chi connectivity index (χ2v) is 10.8. The number of rotatable bonds is 2. The van der Waals surface area contributed by atoms with Crippen LogP contribution in [0.3, 0.4) is 0 Å². The third kappa shape index (κ3) is 3.99. The van der Waals surface area contributed by atoms with Crippen molar-refractivity contribution in [2.24, 2.45) is 0 Å². The van der Waals surface area contributed by atoms with E-state index in [0.29, 0.717) is 39.8 Å². The topological polar surface area (TPSA) is 95.2 Å². The molecule has 7 rings (SSSR count). The highest BCUT2D eigenvalue weighted by Gasteiger charge is 2.36. The first kappa shape index (κ1) is 26.6. The van der Waals surface area contributed by atoms with Crippen LogP contribution in [0.25, 0.3) is 39.0 Å². The zero-order valence-electron chi connectivity index (χ0n) is 23.0. The normalized spacial score (nSPS) is 15.3. The zero-order valence-corrected chi connectivity index (χ0v) is 23.0. The molecule has 0 saturated carbocycles. The highest BCUT2D eigenvalue weighted by Crippen LogP contribution is 2.55. The van der Waals surface area contributed by atoms with E-state index in [4.69, 9.17) is 0 Å². The summed E-state index contributed by atoms with van der Waals surface area (Å²) in [7, 11) is 0. The molecule has 204 valence electrons. The summed E-state index contributed by atoms with van der Waals surface area (Å²) in [6, 6.07) is 30.3. The van der Waals surface area contributed by atoms with E-state index in [0.717, 1.165) is 39.0 Å². The predicted molar refractivity (Wildman–Crippen MR) is 162 cm³/mol. The van der Waals surface area contributed by atoms with Gasteiger partial charge in [0.1, 0.15) is 47.1 Å². The summed E-state index contributed by atoms with van der Waals surface area (Å²) in [5.41, 5.74) is 9.24. The van der Waals surface area contributed by atoms with Crippen LogP contribution in [0.2, 0.25) is 0 Å². The standard InChI is InChI=1S/C38H18F2N4/c39-27-5-1-3-21(11-27)23-7-9-29-31-15-36-32(16-35(31)37(33(29)13-23)25(17-41)18-42)30-10-8-24(22-4-2-6-28(40)12-22)14-34(30)38(36)26(19-43)20-44/h1-13,15-16,24H,14H2. The molecular formula is C38H18F2N4. The smallest absolute Gasteiger partial charge is 0.138 e. The number of hydrogen-bond donors (Lipinski definition) is 0. The lowest BCUT2D eigenvalue weighted by atomic mass is 9.83. The van der Waals surface area contributed by atoms with Crippen molar-refractivity contribution in [1.82, 2.24) is 0 Å². The summed E-state index contributed by atoms with van der Waals surface area (Å²) in [6.07, 6.45) is 4.41. The minimum Gasteiger partial charge on any atom is -0.207 e. The van der Waals surface area contributed by atoms with Crippen LogP contribution in [0.5, 0.6) is 0 Å². The molecule has 0 fully saturated rings. The van der Waals surface area contributed by atoms with Crippen molar-refractivity contribution in [2.75, 3.05) is 0 Å². The molecule has 6 heteroatoms. The maximum absolute atomic E-state index is 14.1. The van der Waals surface area contributed by atoms with E-state index in [1.165, 1.54) is 24.3 Å². The molecule has 0 aliphatic heterocycles. The highest BCUT2D eigenvalue weighted by atomic mass is 19.1. The van der Waals surface area contributed by atoms with Crippen LogP contribution in [0.4, 0.5) is 8.78 Å². The minimum atomic E-state index is -0.373. The van der Waals surface area contributed by atoms with Gasteiger partial charge in [0.15, 0.2) is 0 Å². The monoisotopic (exact) mass is 568 g/mol. The average Bonchev–Trinajstić information content (AvgIpc) is 3.53. The fourth-order valence-corrected chi connectivity index (χ4v) is 6.59. The molecule has 0 saturated heterocycles. The summed E-state index contributed by atoms with van der Waals surface area (Å²) in [6.45, 7) is 0. The number of halogens is 2. The Balaban J connectivity index is 1.44. The second kappa shape index (κ2) is 10.2. The van der Waals surface area contributed by atoms with Gasteiger partial charge in [-0.1, -0.05) is 48.6 Å². The SMILES string of the molecule is N#CC(C#N)=C1C2=C(C=CC(c3cccc(F)c3)C2)c2cc3c(cc21)-c1ccc(-c2cccc(F)c2)cc1C3=C(C#N)C#N. The summed E-state index contributed by atoms with van der Waals surface area (Å²) in [4.78, 5) is 0. The number of hydrogen-bond acceptors (Lipinski definition) is 4. The Morgan fingerprint density at radius 2 is 1.20 bits per heavy atom. The predicted octanol–water partition coefficient (Wildman–Crippen LogP) is 8.77. The first-order valence-corrected chi connectivity index (χ1v) is 13.8. The number of benzene rings is 4. The van der Waals surface area contributed by atoms with Crippen molar-refractivity contribution in [1.29, 1.82) is 21.0 Å². The molecule has 44 heavy (non-hydrogen) atoms. The summed E-state index contributed by atoms with van der Waals surface area (Å²) < 4.78 is 28.1. The largest absolute Gasteiger partial charge is 0.207 e. The number of nitriles is 4.